The van der Waals surface area contributed by atoms with E-state index in [4.69, 9.17) is 10.5 Å². The van der Waals surface area contributed by atoms with E-state index < -0.39 is 0 Å². The summed E-state index contributed by atoms with van der Waals surface area (Å²) >= 11 is 0. The van der Waals surface area contributed by atoms with Crippen LogP contribution in [0.15, 0.2) is 0 Å². The quantitative estimate of drug-likeness (QED) is 0.762. The molecule has 4 nitrogen and oxygen atoms in total. The molecule has 0 aromatic heterocycles. The van der Waals surface area contributed by atoms with E-state index in [-0.39, 0.29) is 5.54 Å². The number of ether oxygens (including phenoxy) is 1. The second kappa shape index (κ2) is 5.65. The third-order valence-electron chi connectivity index (χ3n) is 4.71. The Morgan fingerprint density at radius 2 is 2.18 bits per heavy atom. The van der Waals surface area contributed by atoms with Gasteiger partial charge in [0.15, 0.2) is 0 Å². The van der Waals surface area contributed by atoms with Crippen molar-refractivity contribution in [3.8, 4) is 0 Å². The van der Waals surface area contributed by atoms with Crippen LogP contribution in [-0.2, 0) is 4.74 Å². The Labute approximate surface area is 105 Å². The summed E-state index contributed by atoms with van der Waals surface area (Å²) in [7, 11) is 1.78. The summed E-state index contributed by atoms with van der Waals surface area (Å²) in [4.78, 5) is 5.23. The molecule has 2 heterocycles. The summed E-state index contributed by atoms with van der Waals surface area (Å²) < 4.78 is 5.42. The molecule has 4 heteroatoms. The normalized spacial score (nSPS) is 30.2. The number of nitrogens with two attached hydrogens (primary N) is 1. The highest BCUT2D eigenvalue weighted by molar-refractivity contribution is 4.97. The van der Waals surface area contributed by atoms with Gasteiger partial charge in [0, 0.05) is 39.3 Å². The Kier molecular flexibility index (Phi) is 4.42. The van der Waals surface area contributed by atoms with Gasteiger partial charge in [-0.2, -0.15) is 0 Å². The highest BCUT2D eigenvalue weighted by Crippen LogP contribution is 2.28. The topological polar surface area (TPSA) is 41.7 Å². The van der Waals surface area contributed by atoms with E-state index >= 15 is 0 Å². The number of rotatable bonds is 5. The molecule has 2 N–H and O–H groups in total. The Balaban J connectivity index is 2.04. The molecule has 0 aromatic rings. The van der Waals surface area contributed by atoms with Crippen LogP contribution in [0.1, 0.15) is 26.2 Å². The predicted molar refractivity (Wildman–Crippen MR) is 70.1 cm³/mol. The molecule has 2 aliphatic rings. The van der Waals surface area contributed by atoms with Crippen LogP contribution in [0.5, 0.6) is 0 Å². The molecule has 17 heavy (non-hydrogen) atoms. The molecule has 2 unspecified atom stereocenters. The maximum atomic E-state index is 6.04. The van der Waals surface area contributed by atoms with Crippen LogP contribution in [0, 0.1) is 0 Å². The summed E-state index contributed by atoms with van der Waals surface area (Å²) in [6.45, 7) is 8.50. The third kappa shape index (κ3) is 2.50. The zero-order valence-corrected chi connectivity index (χ0v) is 11.3. The first-order valence-electron chi connectivity index (χ1n) is 6.94. The van der Waals surface area contributed by atoms with Crippen molar-refractivity contribution in [2.24, 2.45) is 5.73 Å². The summed E-state index contributed by atoms with van der Waals surface area (Å²) in [6.07, 6.45) is 3.79. The van der Waals surface area contributed by atoms with Crippen molar-refractivity contribution in [3.63, 3.8) is 0 Å². The number of methoxy groups -OCH3 is 1. The molecule has 2 fully saturated rings. The largest absolute Gasteiger partial charge is 0.383 e. The molecule has 2 rings (SSSR count). The molecule has 0 saturated carbocycles. The van der Waals surface area contributed by atoms with Crippen LogP contribution in [0.25, 0.3) is 0 Å². The lowest BCUT2D eigenvalue weighted by Crippen LogP contribution is -2.63. The minimum absolute atomic E-state index is 0.0590. The van der Waals surface area contributed by atoms with Gasteiger partial charge in [0.25, 0.3) is 0 Å². The van der Waals surface area contributed by atoms with Crippen molar-refractivity contribution in [2.75, 3.05) is 46.4 Å². The lowest BCUT2D eigenvalue weighted by atomic mass is 9.92. The monoisotopic (exact) mass is 241 g/mol. The van der Waals surface area contributed by atoms with E-state index in [1.165, 1.54) is 32.5 Å². The lowest BCUT2D eigenvalue weighted by Gasteiger charge is -2.48. The molecule has 0 aliphatic carbocycles. The zero-order valence-electron chi connectivity index (χ0n) is 11.3. The Bertz CT molecular complexity index is 243. The first-order chi connectivity index (χ1) is 8.25. The molecule has 0 spiro atoms. The van der Waals surface area contributed by atoms with Crippen LogP contribution in [0.3, 0.4) is 0 Å². The number of hydrogen-bond donors (Lipinski definition) is 1. The van der Waals surface area contributed by atoms with E-state index in [1.807, 2.05) is 0 Å². The Morgan fingerprint density at radius 1 is 1.35 bits per heavy atom. The summed E-state index contributed by atoms with van der Waals surface area (Å²) in [5, 5.41) is 0. The van der Waals surface area contributed by atoms with Crippen LogP contribution in [0.4, 0.5) is 0 Å². The summed E-state index contributed by atoms with van der Waals surface area (Å²) in [6, 6.07) is 0.762. The highest BCUT2D eigenvalue weighted by atomic mass is 16.5. The molecule has 0 aromatic carbocycles. The zero-order chi connectivity index (χ0) is 12.3. The second-order valence-corrected chi connectivity index (χ2v) is 5.49. The van der Waals surface area contributed by atoms with Crippen molar-refractivity contribution in [3.05, 3.63) is 0 Å². The van der Waals surface area contributed by atoms with Gasteiger partial charge in [0.1, 0.15) is 0 Å². The van der Waals surface area contributed by atoms with E-state index in [1.54, 1.807) is 7.11 Å². The third-order valence-corrected chi connectivity index (χ3v) is 4.71. The van der Waals surface area contributed by atoms with Gasteiger partial charge in [-0.1, -0.05) is 6.92 Å². The molecule has 100 valence electrons. The van der Waals surface area contributed by atoms with Crippen molar-refractivity contribution < 1.29 is 4.74 Å². The Morgan fingerprint density at radius 3 is 2.82 bits per heavy atom. The fourth-order valence-electron chi connectivity index (χ4n) is 3.44. The minimum Gasteiger partial charge on any atom is -0.383 e. The van der Waals surface area contributed by atoms with E-state index in [2.05, 4.69) is 16.7 Å². The number of hydrogen-bond acceptors (Lipinski definition) is 4. The minimum atomic E-state index is 0.0590. The van der Waals surface area contributed by atoms with Gasteiger partial charge in [0.05, 0.1) is 12.1 Å². The molecular formula is C13H27N3O. The summed E-state index contributed by atoms with van der Waals surface area (Å²) in [5.74, 6) is 0. The maximum Gasteiger partial charge on any atom is 0.0658 e. The van der Waals surface area contributed by atoms with Crippen LogP contribution >= 0.6 is 0 Å². The SMILES string of the molecule is CCC(CN)(COC)N1CCN2CCCC2C1. The molecule has 0 bridgehead atoms. The molecular weight excluding hydrogens is 214 g/mol. The van der Waals surface area contributed by atoms with Gasteiger partial charge < -0.3 is 10.5 Å². The predicted octanol–water partition coefficient (Wildman–Crippen LogP) is 0.520. The number of piperazine rings is 1. The van der Waals surface area contributed by atoms with Gasteiger partial charge in [-0.15, -0.1) is 0 Å². The maximum absolute atomic E-state index is 6.04. The first-order valence-corrected chi connectivity index (χ1v) is 6.94. The Hall–Kier alpha value is -0.160. The first kappa shape index (κ1) is 13.3. The molecule has 2 atom stereocenters. The average Bonchev–Trinajstić information content (AvgIpc) is 2.83. The van der Waals surface area contributed by atoms with Gasteiger partial charge in [-0.05, 0) is 25.8 Å². The molecule has 2 aliphatic heterocycles. The molecule has 2 saturated heterocycles. The van der Waals surface area contributed by atoms with E-state index in [9.17, 15) is 0 Å². The van der Waals surface area contributed by atoms with E-state index in [0.29, 0.717) is 6.54 Å². The van der Waals surface area contributed by atoms with Gasteiger partial charge in [-0.3, -0.25) is 9.80 Å². The standard InChI is InChI=1S/C13H27N3O/c1-3-13(10-14,11-17-2)16-8-7-15-6-4-5-12(15)9-16/h12H,3-11,14H2,1-2H3. The second-order valence-electron chi connectivity index (χ2n) is 5.49. The fourth-order valence-corrected chi connectivity index (χ4v) is 3.44. The van der Waals surface area contributed by atoms with Crippen molar-refractivity contribution in [2.45, 2.75) is 37.8 Å². The van der Waals surface area contributed by atoms with Crippen molar-refractivity contribution >= 4 is 0 Å². The molecule has 0 amide bonds. The lowest BCUT2D eigenvalue weighted by molar-refractivity contribution is -0.0270. The summed E-state index contributed by atoms with van der Waals surface area (Å²) in [5.41, 5.74) is 6.10. The van der Waals surface area contributed by atoms with E-state index in [0.717, 1.165) is 25.6 Å². The fraction of sp³-hybridized carbons (Fsp3) is 1.00. The van der Waals surface area contributed by atoms with Gasteiger partial charge >= 0.3 is 0 Å². The number of fused-ring (bicyclic) bond motifs is 1. The smallest absolute Gasteiger partial charge is 0.0658 e. The van der Waals surface area contributed by atoms with Gasteiger partial charge in [0.2, 0.25) is 0 Å². The number of nitrogens with zero attached hydrogens (tertiary/aromatic N) is 2. The van der Waals surface area contributed by atoms with Crippen molar-refractivity contribution in [1.29, 1.82) is 0 Å². The van der Waals surface area contributed by atoms with Crippen LogP contribution < -0.4 is 5.73 Å². The average molecular weight is 241 g/mol. The van der Waals surface area contributed by atoms with Crippen molar-refractivity contribution in [1.82, 2.24) is 9.80 Å². The molecule has 0 radical (unpaired) electrons. The van der Waals surface area contributed by atoms with Gasteiger partial charge in [-0.25, -0.2) is 0 Å². The van der Waals surface area contributed by atoms with Crippen LogP contribution in [0.2, 0.25) is 0 Å². The highest BCUT2D eigenvalue weighted by Gasteiger charge is 2.40. The van der Waals surface area contributed by atoms with Crippen LogP contribution in [-0.4, -0.2) is 67.8 Å².